The first-order valence-electron chi connectivity index (χ1n) is 4.80. The molecule has 0 aromatic heterocycles. The molecule has 0 spiro atoms. The average Bonchev–Trinajstić information content (AvgIpc) is 2.18. The van der Waals surface area contributed by atoms with Crippen LogP contribution in [0.5, 0.6) is 0 Å². The van der Waals surface area contributed by atoms with Crippen molar-refractivity contribution in [2.45, 2.75) is 18.9 Å². The summed E-state index contributed by atoms with van der Waals surface area (Å²) in [5.41, 5.74) is 7.15. The third kappa shape index (κ3) is 3.47. The van der Waals surface area contributed by atoms with Crippen molar-refractivity contribution in [3.63, 3.8) is 0 Å². The molecular weight excluding hydrogens is 198 g/mol. The first-order chi connectivity index (χ1) is 7.00. The van der Waals surface area contributed by atoms with Crippen molar-refractivity contribution in [2.24, 2.45) is 5.73 Å². The van der Waals surface area contributed by atoms with Crippen LogP contribution in [0.25, 0.3) is 0 Å². The Morgan fingerprint density at radius 3 is 2.53 bits per heavy atom. The Kier molecular flexibility index (Phi) is 4.03. The minimum atomic E-state index is -2.46. The van der Waals surface area contributed by atoms with Crippen LogP contribution < -0.4 is 10.6 Å². The van der Waals surface area contributed by atoms with E-state index in [1.54, 1.807) is 0 Å². The van der Waals surface area contributed by atoms with Crippen molar-refractivity contribution in [1.29, 1.82) is 0 Å². The van der Waals surface area contributed by atoms with Gasteiger partial charge < -0.3 is 10.6 Å². The largest absolute Gasteiger partial charge is 0.378 e. The summed E-state index contributed by atoms with van der Waals surface area (Å²) in [6.07, 6.45) is -2.26. The highest BCUT2D eigenvalue weighted by molar-refractivity contribution is 5.47. The maximum absolute atomic E-state index is 12.2. The minimum absolute atomic E-state index is 0.208. The van der Waals surface area contributed by atoms with Crippen LogP contribution in [0.2, 0.25) is 0 Å². The van der Waals surface area contributed by atoms with Gasteiger partial charge in [0.2, 0.25) is 0 Å². The van der Waals surface area contributed by atoms with Crippen LogP contribution in [-0.4, -0.2) is 26.6 Å². The summed E-state index contributed by atoms with van der Waals surface area (Å²) in [7, 11) is 3.82. The van der Waals surface area contributed by atoms with Gasteiger partial charge in [-0.25, -0.2) is 8.78 Å². The molecule has 1 atom stereocenters. The van der Waals surface area contributed by atoms with E-state index in [0.29, 0.717) is 0 Å². The van der Waals surface area contributed by atoms with E-state index < -0.39 is 12.5 Å². The van der Waals surface area contributed by atoms with E-state index in [1.807, 2.05) is 43.3 Å². The molecular formula is C11H16F2N2. The van der Waals surface area contributed by atoms with Crippen molar-refractivity contribution in [3.8, 4) is 0 Å². The third-order valence-electron chi connectivity index (χ3n) is 2.22. The fraction of sp³-hybridized carbons (Fsp3) is 0.455. The van der Waals surface area contributed by atoms with Gasteiger partial charge in [-0.1, -0.05) is 12.1 Å². The van der Waals surface area contributed by atoms with Gasteiger partial charge in [0.1, 0.15) is 0 Å². The van der Waals surface area contributed by atoms with E-state index in [2.05, 4.69) is 0 Å². The van der Waals surface area contributed by atoms with Gasteiger partial charge in [-0.05, 0) is 24.1 Å². The lowest BCUT2D eigenvalue weighted by atomic mass is 10.1. The Morgan fingerprint density at radius 2 is 2.00 bits per heavy atom. The molecule has 0 radical (unpaired) electrons. The molecule has 0 saturated carbocycles. The zero-order chi connectivity index (χ0) is 11.4. The predicted octanol–water partition coefficient (Wildman–Crippen LogP) is 1.89. The fourth-order valence-electron chi connectivity index (χ4n) is 1.32. The van der Waals surface area contributed by atoms with E-state index in [0.717, 1.165) is 11.3 Å². The zero-order valence-corrected chi connectivity index (χ0v) is 8.95. The molecule has 0 aliphatic rings. The Hall–Kier alpha value is -1.16. The Balaban J connectivity index is 2.73. The van der Waals surface area contributed by atoms with Gasteiger partial charge in [0.15, 0.2) is 0 Å². The van der Waals surface area contributed by atoms with E-state index >= 15 is 0 Å². The Labute approximate surface area is 88.7 Å². The number of nitrogens with zero attached hydrogens (tertiary/aromatic N) is 1. The molecule has 0 saturated heterocycles. The van der Waals surface area contributed by atoms with Crippen molar-refractivity contribution in [1.82, 2.24) is 0 Å². The van der Waals surface area contributed by atoms with Crippen molar-refractivity contribution < 1.29 is 8.78 Å². The second kappa shape index (κ2) is 5.07. The molecule has 0 heterocycles. The standard InChI is InChI=1S/C11H16F2N2/c1-15(2)9-5-3-4-8(6-9)7-10(14)11(12)13/h3-6,10-11H,7,14H2,1-2H3. The zero-order valence-electron chi connectivity index (χ0n) is 8.95. The molecule has 4 heteroatoms. The summed E-state index contributed by atoms with van der Waals surface area (Å²) in [5, 5.41) is 0. The first-order valence-corrected chi connectivity index (χ1v) is 4.80. The number of nitrogens with two attached hydrogens (primary N) is 1. The molecule has 84 valence electrons. The van der Waals surface area contributed by atoms with Crippen LogP contribution in [0.15, 0.2) is 24.3 Å². The smallest absolute Gasteiger partial charge is 0.253 e. The molecule has 0 bridgehead atoms. The van der Waals surface area contributed by atoms with Crippen LogP contribution in [-0.2, 0) is 6.42 Å². The SMILES string of the molecule is CN(C)c1cccc(CC(N)C(F)F)c1. The topological polar surface area (TPSA) is 29.3 Å². The van der Waals surface area contributed by atoms with E-state index in [4.69, 9.17) is 5.73 Å². The normalized spacial score (nSPS) is 12.9. The van der Waals surface area contributed by atoms with E-state index in [1.165, 1.54) is 0 Å². The summed E-state index contributed by atoms with van der Waals surface area (Å²) >= 11 is 0. The summed E-state index contributed by atoms with van der Waals surface area (Å²) < 4.78 is 24.5. The van der Waals surface area contributed by atoms with E-state index in [9.17, 15) is 8.78 Å². The van der Waals surface area contributed by atoms with Crippen molar-refractivity contribution >= 4 is 5.69 Å². The second-order valence-corrected chi connectivity index (χ2v) is 3.77. The summed E-state index contributed by atoms with van der Waals surface area (Å²) in [4.78, 5) is 1.93. The molecule has 1 aromatic carbocycles. The number of hydrogen-bond donors (Lipinski definition) is 1. The molecule has 2 nitrogen and oxygen atoms in total. The molecule has 0 fully saturated rings. The van der Waals surface area contributed by atoms with Gasteiger partial charge in [-0.15, -0.1) is 0 Å². The minimum Gasteiger partial charge on any atom is -0.378 e. The number of halogens is 2. The number of rotatable bonds is 4. The van der Waals surface area contributed by atoms with E-state index in [-0.39, 0.29) is 6.42 Å². The molecule has 0 amide bonds. The highest BCUT2D eigenvalue weighted by Crippen LogP contribution is 2.15. The van der Waals surface area contributed by atoms with Gasteiger partial charge >= 0.3 is 0 Å². The van der Waals surface area contributed by atoms with Crippen LogP contribution in [0, 0.1) is 0 Å². The first kappa shape index (κ1) is 11.9. The van der Waals surface area contributed by atoms with Gasteiger partial charge in [0, 0.05) is 19.8 Å². The lowest BCUT2D eigenvalue weighted by Gasteiger charge is -2.15. The van der Waals surface area contributed by atoms with Crippen molar-refractivity contribution in [3.05, 3.63) is 29.8 Å². The van der Waals surface area contributed by atoms with Crippen LogP contribution in [0.1, 0.15) is 5.56 Å². The number of anilines is 1. The highest BCUT2D eigenvalue weighted by atomic mass is 19.3. The van der Waals surface area contributed by atoms with Gasteiger partial charge in [0.25, 0.3) is 6.43 Å². The quantitative estimate of drug-likeness (QED) is 0.829. The molecule has 0 aliphatic carbocycles. The van der Waals surface area contributed by atoms with Gasteiger partial charge in [-0.2, -0.15) is 0 Å². The molecule has 1 unspecified atom stereocenters. The maximum Gasteiger partial charge on any atom is 0.253 e. The van der Waals surface area contributed by atoms with Crippen molar-refractivity contribution in [2.75, 3.05) is 19.0 Å². The van der Waals surface area contributed by atoms with Crippen LogP contribution in [0.3, 0.4) is 0 Å². The lowest BCUT2D eigenvalue weighted by Crippen LogP contribution is -2.30. The Morgan fingerprint density at radius 1 is 1.33 bits per heavy atom. The average molecular weight is 214 g/mol. The number of benzene rings is 1. The van der Waals surface area contributed by atoms with Crippen LogP contribution in [0.4, 0.5) is 14.5 Å². The summed E-state index contributed by atoms with van der Waals surface area (Å²) in [6.45, 7) is 0. The van der Waals surface area contributed by atoms with Gasteiger partial charge in [-0.3, -0.25) is 0 Å². The molecule has 1 aromatic rings. The molecule has 15 heavy (non-hydrogen) atoms. The lowest BCUT2D eigenvalue weighted by molar-refractivity contribution is 0.116. The third-order valence-corrected chi connectivity index (χ3v) is 2.22. The van der Waals surface area contributed by atoms with Gasteiger partial charge in [0.05, 0.1) is 6.04 Å². The summed E-state index contributed by atoms with van der Waals surface area (Å²) in [5.74, 6) is 0. The predicted molar refractivity (Wildman–Crippen MR) is 58.5 cm³/mol. The maximum atomic E-state index is 12.2. The molecule has 2 N–H and O–H groups in total. The summed E-state index contributed by atoms with van der Waals surface area (Å²) in [6, 6.07) is 6.39. The number of alkyl halides is 2. The monoisotopic (exact) mass is 214 g/mol. The Bertz CT molecular complexity index is 313. The molecule has 0 aliphatic heterocycles. The molecule has 1 rings (SSSR count). The second-order valence-electron chi connectivity index (χ2n) is 3.77. The fourth-order valence-corrected chi connectivity index (χ4v) is 1.32. The number of hydrogen-bond acceptors (Lipinski definition) is 2. The highest BCUT2D eigenvalue weighted by Gasteiger charge is 2.15. The van der Waals surface area contributed by atoms with Crippen LogP contribution >= 0.6 is 0 Å².